The van der Waals surface area contributed by atoms with Crippen molar-refractivity contribution in [1.29, 1.82) is 0 Å². The van der Waals surface area contributed by atoms with Crippen LogP contribution < -0.4 is 0 Å². The minimum Gasteiger partial charge on any atom is -0.188 e. The highest BCUT2D eigenvalue weighted by Gasteiger charge is 1.96. The molecule has 0 aliphatic heterocycles. The van der Waals surface area contributed by atoms with E-state index >= 15 is 0 Å². The van der Waals surface area contributed by atoms with Crippen molar-refractivity contribution in [3.63, 3.8) is 0 Å². The van der Waals surface area contributed by atoms with Crippen LogP contribution in [0, 0.1) is 0 Å². The molecule has 0 unspecified atom stereocenters. The van der Waals surface area contributed by atoms with Crippen LogP contribution in [0.5, 0.6) is 0 Å². The Hall–Kier alpha value is -2.18. The molecule has 0 fully saturated rings. The lowest BCUT2D eigenvalue weighted by Crippen LogP contribution is -1.85. The number of aliphatic imine (C=N–C) groups is 2. The van der Waals surface area contributed by atoms with Gasteiger partial charge in [0.05, 0.1) is 11.4 Å². The first-order valence-corrected chi connectivity index (χ1v) is 10.7. The molecule has 0 radical (unpaired) electrons. The Morgan fingerprint density at radius 1 is 0.556 bits per heavy atom. The van der Waals surface area contributed by atoms with Crippen molar-refractivity contribution in [3.8, 4) is 0 Å². The monoisotopic (exact) mass is 362 g/mol. The highest BCUT2D eigenvalue weighted by atomic mass is 14.8. The average Bonchev–Trinajstić information content (AvgIpc) is 2.71. The molecule has 0 aliphatic rings. The molecule has 144 valence electrons. The van der Waals surface area contributed by atoms with Crippen molar-refractivity contribution in [2.45, 2.75) is 78.1 Å². The van der Waals surface area contributed by atoms with E-state index < -0.39 is 0 Å². The van der Waals surface area contributed by atoms with Gasteiger partial charge in [0.2, 0.25) is 0 Å². The molecule has 0 N–H and O–H groups in total. The summed E-state index contributed by atoms with van der Waals surface area (Å²) in [5.74, 6) is 0. The second kappa shape index (κ2) is 13.1. The zero-order valence-corrected chi connectivity index (χ0v) is 17.1. The second-order valence-corrected chi connectivity index (χ2v) is 7.28. The van der Waals surface area contributed by atoms with Gasteiger partial charge in [0.25, 0.3) is 0 Å². The minimum absolute atomic E-state index is 0.906. The summed E-state index contributed by atoms with van der Waals surface area (Å²) in [6.45, 7) is 4.49. The van der Waals surface area contributed by atoms with Gasteiger partial charge in [-0.25, -0.2) is 0 Å². The number of hydrogen-bond donors (Lipinski definition) is 0. The van der Waals surface area contributed by atoms with Gasteiger partial charge in [-0.2, -0.15) is 9.98 Å². The Morgan fingerprint density at radius 3 is 1.33 bits per heavy atom. The van der Waals surface area contributed by atoms with Crippen LogP contribution in [0.15, 0.2) is 58.5 Å². The quantitative estimate of drug-likeness (QED) is 0.269. The van der Waals surface area contributed by atoms with Crippen LogP contribution in [0.3, 0.4) is 0 Å². The topological polar surface area (TPSA) is 24.7 Å². The molecule has 0 atom stereocenters. The summed E-state index contributed by atoms with van der Waals surface area (Å²) in [6, 6.07) is 19.7. The van der Waals surface area contributed by atoms with Gasteiger partial charge in [-0.05, 0) is 61.1 Å². The third-order valence-corrected chi connectivity index (χ3v) is 4.87. The summed E-state index contributed by atoms with van der Waals surface area (Å²) >= 11 is 0. The number of nitrogens with zero attached hydrogens (tertiary/aromatic N) is 2. The molecule has 2 rings (SSSR count). The average molecular weight is 363 g/mol. The van der Waals surface area contributed by atoms with Crippen LogP contribution >= 0.6 is 0 Å². The maximum atomic E-state index is 4.33. The zero-order chi connectivity index (χ0) is 19.2. The van der Waals surface area contributed by atoms with Gasteiger partial charge >= 0.3 is 0 Å². The van der Waals surface area contributed by atoms with E-state index in [1.54, 1.807) is 0 Å². The first kappa shape index (κ1) is 21.1. The third-order valence-electron chi connectivity index (χ3n) is 4.87. The number of aryl methyl sites for hydroxylation is 2. The molecule has 0 aromatic heterocycles. The van der Waals surface area contributed by atoms with E-state index in [1.807, 2.05) is 0 Å². The van der Waals surface area contributed by atoms with Crippen molar-refractivity contribution in [3.05, 3.63) is 59.7 Å². The van der Waals surface area contributed by atoms with Crippen molar-refractivity contribution < 1.29 is 0 Å². The molecule has 2 aromatic carbocycles. The Bertz CT molecular complexity index is 633. The van der Waals surface area contributed by atoms with Gasteiger partial charge in [0.15, 0.2) is 0 Å². The van der Waals surface area contributed by atoms with E-state index in [0.717, 1.165) is 24.2 Å². The summed E-state index contributed by atoms with van der Waals surface area (Å²) in [7, 11) is 0. The molecule has 27 heavy (non-hydrogen) atoms. The van der Waals surface area contributed by atoms with Gasteiger partial charge in [-0.3, -0.25) is 0 Å². The fourth-order valence-corrected chi connectivity index (χ4v) is 3.13. The largest absolute Gasteiger partial charge is 0.188 e. The SMILES string of the molecule is CCCCCCc1ccc(N=C=Nc2ccc(CCCCCC)cc2)cc1. The number of hydrogen-bond acceptors (Lipinski definition) is 2. The van der Waals surface area contributed by atoms with Crippen LogP contribution in [0.4, 0.5) is 11.4 Å². The summed E-state index contributed by atoms with van der Waals surface area (Å²) in [5, 5.41) is 0. The van der Waals surface area contributed by atoms with Gasteiger partial charge in [0.1, 0.15) is 6.01 Å². The van der Waals surface area contributed by atoms with Crippen LogP contribution in [0.2, 0.25) is 0 Å². The van der Waals surface area contributed by atoms with E-state index in [1.165, 1.54) is 62.5 Å². The predicted octanol–water partition coefficient (Wildman–Crippen LogP) is 8.07. The zero-order valence-electron chi connectivity index (χ0n) is 17.1. The van der Waals surface area contributed by atoms with E-state index in [9.17, 15) is 0 Å². The fraction of sp³-hybridized carbons (Fsp3) is 0.480. The van der Waals surface area contributed by atoms with Crippen LogP contribution in [0.1, 0.15) is 76.3 Å². The molecular weight excluding hydrogens is 328 g/mol. The minimum atomic E-state index is 0.906. The van der Waals surface area contributed by atoms with E-state index in [4.69, 9.17) is 0 Å². The van der Waals surface area contributed by atoms with E-state index in [-0.39, 0.29) is 0 Å². The van der Waals surface area contributed by atoms with E-state index in [2.05, 4.69) is 78.4 Å². The molecule has 2 heteroatoms. The van der Waals surface area contributed by atoms with Crippen LogP contribution in [-0.4, -0.2) is 6.01 Å². The summed E-state index contributed by atoms with van der Waals surface area (Å²) in [4.78, 5) is 8.66. The first-order chi connectivity index (χ1) is 13.3. The standard InChI is InChI=1S/C25H34N2/c1-3-5-7-9-11-22-13-17-24(18-14-22)26-21-27-25-19-15-23(16-20-25)12-10-8-6-4-2/h13-20H,3-12H2,1-2H3. The van der Waals surface area contributed by atoms with Crippen LogP contribution in [-0.2, 0) is 12.8 Å². The molecule has 2 aromatic rings. The molecule has 2 nitrogen and oxygen atoms in total. The molecule has 0 spiro atoms. The fourth-order valence-electron chi connectivity index (χ4n) is 3.13. The predicted molar refractivity (Wildman–Crippen MR) is 118 cm³/mol. The molecule has 0 saturated heterocycles. The highest BCUT2D eigenvalue weighted by molar-refractivity contribution is 5.58. The first-order valence-electron chi connectivity index (χ1n) is 10.7. The maximum Gasteiger partial charge on any atom is 0.100 e. The molecule has 0 bridgehead atoms. The maximum absolute atomic E-state index is 4.33. The van der Waals surface area contributed by atoms with Crippen molar-refractivity contribution >= 4 is 17.4 Å². The summed E-state index contributed by atoms with van der Waals surface area (Å²) in [6.07, 6.45) is 12.7. The van der Waals surface area contributed by atoms with Crippen LogP contribution in [0.25, 0.3) is 0 Å². The normalized spacial score (nSPS) is 10.4. The van der Waals surface area contributed by atoms with Crippen molar-refractivity contribution in [2.75, 3.05) is 0 Å². The molecule has 0 amide bonds. The smallest absolute Gasteiger partial charge is 0.100 e. The lowest BCUT2D eigenvalue weighted by Gasteiger charge is -2.01. The van der Waals surface area contributed by atoms with Gasteiger partial charge < -0.3 is 0 Å². The lowest BCUT2D eigenvalue weighted by molar-refractivity contribution is 0.667. The van der Waals surface area contributed by atoms with Crippen molar-refractivity contribution in [1.82, 2.24) is 0 Å². The van der Waals surface area contributed by atoms with Crippen molar-refractivity contribution in [2.24, 2.45) is 9.98 Å². The molecule has 0 saturated carbocycles. The number of benzene rings is 2. The lowest BCUT2D eigenvalue weighted by atomic mass is 10.1. The Morgan fingerprint density at radius 2 is 0.963 bits per heavy atom. The second-order valence-electron chi connectivity index (χ2n) is 7.28. The van der Waals surface area contributed by atoms with Gasteiger partial charge in [-0.1, -0.05) is 76.6 Å². The Balaban J connectivity index is 1.81. The van der Waals surface area contributed by atoms with E-state index in [0.29, 0.717) is 0 Å². The third kappa shape index (κ3) is 8.84. The number of rotatable bonds is 12. The molecule has 0 aliphatic carbocycles. The summed E-state index contributed by atoms with van der Waals surface area (Å²) < 4.78 is 0. The Kier molecular flexibility index (Phi) is 10.2. The molecule has 0 heterocycles. The highest BCUT2D eigenvalue weighted by Crippen LogP contribution is 2.17. The number of unbranched alkanes of at least 4 members (excludes halogenated alkanes) is 6. The molecular formula is C25H34N2. The Labute approximate surface area is 165 Å². The van der Waals surface area contributed by atoms with Gasteiger partial charge in [0, 0.05) is 0 Å². The van der Waals surface area contributed by atoms with Gasteiger partial charge in [-0.15, -0.1) is 0 Å². The summed E-state index contributed by atoms with van der Waals surface area (Å²) in [5.41, 5.74) is 4.58.